The van der Waals surface area contributed by atoms with Crippen LogP contribution in [-0.4, -0.2) is 53.6 Å². The molecule has 2 heterocycles. The molecular weight excluding hydrogens is 250 g/mol. The highest BCUT2D eigenvalue weighted by molar-refractivity contribution is 5.84. The number of likely N-dealkylation sites (N-methyl/N-ethyl adjacent to an activating group) is 1. The Morgan fingerprint density at radius 2 is 2.10 bits per heavy atom. The molecule has 1 amide bonds. The minimum atomic E-state index is 0.0291. The van der Waals surface area contributed by atoms with Crippen LogP contribution in [0.1, 0.15) is 53.4 Å². The first-order chi connectivity index (χ1) is 9.62. The molecule has 0 saturated carbocycles. The lowest BCUT2D eigenvalue weighted by Crippen LogP contribution is -2.45. The van der Waals surface area contributed by atoms with Gasteiger partial charge >= 0.3 is 0 Å². The second kappa shape index (κ2) is 6.90. The molecular formula is C16H31N3O. The van der Waals surface area contributed by atoms with Crippen LogP contribution in [0.4, 0.5) is 0 Å². The lowest BCUT2D eigenvalue weighted by Gasteiger charge is -2.30. The van der Waals surface area contributed by atoms with Crippen molar-refractivity contribution in [2.45, 2.75) is 71.6 Å². The second-order valence-electron chi connectivity index (χ2n) is 6.37. The fraction of sp³-hybridized carbons (Fsp3) is 0.938. The quantitative estimate of drug-likeness (QED) is 0.809. The van der Waals surface area contributed by atoms with Gasteiger partial charge in [-0.3, -0.25) is 15.0 Å². The van der Waals surface area contributed by atoms with E-state index in [1.54, 1.807) is 0 Å². The van der Waals surface area contributed by atoms with Crippen molar-refractivity contribution in [3.63, 3.8) is 0 Å². The van der Waals surface area contributed by atoms with E-state index in [0.717, 1.165) is 25.9 Å². The first-order valence-corrected chi connectivity index (χ1v) is 8.42. The third-order valence-electron chi connectivity index (χ3n) is 5.21. The molecule has 0 spiro atoms. The van der Waals surface area contributed by atoms with E-state index in [0.29, 0.717) is 17.9 Å². The Bertz CT molecular complexity index is 334. The Labute approximate surface area is 123 Å². The molecule has 4 atom stereocenters. The van der Waals surface area contributed by atoms with Gasteiger partial charge in [-0.25, -0.2) is 0 Å². The smallest absolute Gasteiger partial charge is 0.241 e. The van der Waals surface area contributed by atoms with Crippen LogP contribution in [0.2, 0.25) is 0 Å². The minimum Gasteiger partial charge on any atom is -0.324 e. The third-order valence-corrected chi connectivity index (χ3v) is 5.21. The number of nitrogens with one attached hydrogen (secondary N) is 1. The molecule has 2 aliphatic rings. The molecule has 0 radical (unpaired) electrons. The van der Waals surface area contributed by atoms with Crippen molar-refractivity contribution in [1.29, 1.82) is 0 Å². The van der Waals surface area contributed by atoms with Gasteiger partial charge in [-0.2, -0.15) is 0 Å². The maximum Gasteiger partial charge on any atom is 0.241 e. The van der Waals surface area contributed by atoms with Crippen molar-refractivity contribution in [2.75, 3.05) is 19.6 Å². The average Bonchev–Trinajstić information content (AvgIpc) is 3.04. The summed E-state index contributed by atoms with van der Waals surface area (Å²) in [4.78, 5) is 17.3. The van der Waals surface area contributed by atoms with E-state index < -0.39 is 0 Å². The SMILES string of the molecule is CCC(C)C1NC(CC)N(CC2CCCN2CC)C1=O. The van der Waals surface area contributed by atoms with Gasteiger partial charge in [0.25, 0.3) is 0 Å². The van der Waals surface area contributed by atoms with Gasteiger partial charge in [0.05, 0.1) is 12.2 Å². The molecule has 2 aliphatic heterocycles. The fourth-order valence-corrected chi connectivity index (χ4v) is 3.64. The van der Waals surface area contributed by atoms with E-state index in [2.05, 4.69) is 42.8 Å². The molecule has 2 saturated heterocycles. The molecule has 0 aromatic rings. The summed E-state index contributed by atoms with van der Waals surface area (Å²) in [5.74, 6) is 0.751. The molecule has 2 fully saturated rings. The molecule has 1 N–H and O–H groups in total. The Balaban J connectivity index is 2.03. The van der Waals surface area contributed by atoms with Crippen molar-refractivity contribution < 1.29 is 4.79 Å². The number of carbonyl (C=O) groups excluding carboxylic acids is 1. The normalized spacial score (nSPS) is 33.1. The predicted octanol–water partition coefficient (Wildman–Crippen LogP) is 2.05. The molecule has 4 nitrogen and oxygen atoms in total. The first kappa shape index (κ1) is 15.8. The monoisotopic (exact) mass is 281 g/mol. The van der Waals surface area contributed by atoms with Crippen molar-refractivity contribution in [3.8, 4) is 0 Å². The highest BCUT2D eigenvalue weighted by Gasteiger charge is 2.41. The van der Waals surface area contributed by atoms with Crippen molar-refractivity contribution in [2.24, 2.45) is 5.92 Å². The molecule has 2 rings (SSSR count). The maximum absolute atomic E-state index is 12.7. The number of hydrogen-bond donors (Lipinski definition) is 1. The number of amides is 1. The summed E-state index contributed by atoms with van der Waals surface area (Å²) >= 11 is 0. The van der Waals surface area contributed by atoms with Crippen LogP contribution in [0.5, 0.6) is 0 Å². The van der Waals surface area contributed by atoms with E-state index in [4.69, 9.17) is 0 Å². The van der Waals surface area contributed by atoms with Crippen molar-refractivity contribution in [3.05, 3.63) is 0 Å². The highest BCUT2D eigenvalue weighted by atomic mass is 16.2. The summed E-state index contributed by atoms with van der Waals surface area (Å²) in [7, 11) is 0. The zero-order valence-electron chi connectivity index (χ0n) is 13.6. The highest BCUT2D eigenvalue weighted by Crippen LogP contribution is 2.24. The summed E-state index contributed by atoms with van der Waals surface area (Å²) in [6.45, 7) is 11.9. The van der Waals surface area contributed by atoms with Gasteiger partial charge in [0.2, 0.25) is 5.91 Å². The summed E-state index contributed by atoms with van der Waals surface area (Å²) < 4.78 is 0. The zero-order chi connectivity index (χ0) is 14.7. The number of carbonyl (C=O) groups is 1. The van der Waals surface area contributed by atoms with E-state index >= 15 is 0 Å². The van der Waals surface area contributed by atoms with Gasteiger partial charge < -0.3 is 4.90 Å². The largest absolute Gasteiger partial charge is 0.324 e. The van der Waals surface area contributed by atoms with Gasteiger partial charge in [0.1, 0.15) is 0 Å². The van der Waals surface area contributed by atoms with Gasteiger partial charge in [-0.05, 0) is 38.3 Å². The fourth-order valence-electron chi connectivity index (χ4n) is 3.64. The second-order valence-corrected chi connectivity index (χ2v) is 6.37. The van der Waals surface area contributed by atoms with Gasteiger partial charge in [-0.15, -0.1) is 0 Å². The van der Waals surface area contributed by atoms with Crippen LogP contribution < -0.4 is 5.32 Å². The maximum atomic E-state index is 12.7. The summed E-state index contributed by atoms with van der Waals surface area (Å²) in [6.07, 6.45) is 4.80. The van der Waals surface area contributed by atoms with Crippen LogP contribution in [0.3, 0.4) is 0 Å². The summed E-state index contributed by atoms with van der Waals surface area (Å²) in [6, 6.07) is 0.594. The van der Waals surface area contributed by atoms with Crippen LogP contribution in [0.15, 0.2) is 0 Å². The predicted molar refractivity (Wildman–Crippen MR) is 82.4 cm³/mol. The topological polar surface area (TPSA) is 35.6 Å². The van der Waals surface area contributed by atoms with Crippen LogP contribution in [0, 0.1) is 5.92 Å². The zero-order valence-corrected chi connectivity index (χ0v) is 13.6. The molecule has 0 aromatic carbocycles. The van der Waals surface area contributed by atoms with Crippen molar-refractivity contribution >= 4 is 5.91 Å². The van der Waals surface area contributed by atoms with Crippen LogP contribution >= 0.6 is 0 Å². The summed E-state index contributed by atoms with van der Waals surface area (Å²) in [5.41, 5.74) is 0. The van der Waals surface area contributed by atoms with E-state index in [1.807, 2.05) is 0 Å². The third kappa shape index (κ3) is 3.01. The molecule has 0 aliphatic carbocycles. The van der Waals surface area contributed by atoms with Gasteiger partial charge in [0, 0.05) is 12.6 Å². The lowest BCUT2D eigenvalue weighted by molar-refractivity contribution is -0.131. The standard InChI is InChI=1S/C16H31N3O/c1-5-12(4)15-16(20)19(14(6-2)17-15)11-13-9-8-10-18(13)7-3/h12-15,17H,5-11H2,1-4H3. The molecule has 4 heteroatoms. The van der Waals surface area contributed by atoms with E-state index in [9.17, 15) is 4.79 Å². The van der Waals surface area contributed by atoms with Crippen LogP contribution in [-0.2, 0) is 4.79 Å². The number of rotatable bonds is 6. The molecule has 20 heavy (non-hydrogen) atoms. The Hall–Kier alpha value is -0.610. The molecule has 116 valence electrons. The van der Waals surface area contributed by atoms with Crippen molar-refractivity contribution in [1.82, 2.24) is 15.1 Å². The number of likely N-dealkylation sites (tertiary alicyclic amines) is 1. The van der Waals surface area contributed by atoms with E-state index in [1.165, 1.54) is 19.4 Å². The molecule has 0 aromatic heterocycles. The average molecular weight is 281 g/mol. The Kier molecular flexibility index (Phi) is 5.44. The van der Waals surface area contributed by atoms with Crippen LogP contribution in [0.25, 0.3) is 0 Å². The Morgan fingerprint density at radius 1 is 1.35 bits per heavy atom. The van der Waals surface area contributed by atoms with Gasteiger partial charge in [-0.1, -0.05) is 34.1 Å². The Morgan fingerprint density at radius 3 is 2.70 bits per heavy atom. The number of nitrogens with zero attached hydrogens (tertiary/aromatic N) is 2. The minimum absolute atomic E-state index is 0.0291. The number of hydrogen-bond acceptors (Lipinski definition) is 3. The molecule has 4 unspecified atom stereocenters. The van der Waals surface area contributed by atoms with Gasteiger partial charge in [0.15, 0.2) is 0 Å². The first-order valence-electron chi connectivity index (χ1n) is 8.42. The summed E-state index contributed by atoms with van der Waals surface area (Å²) in [5, 5.41) is 3.56. The lowest BCUT2D eigenvalue weighted by atomic mass is 9.99. The van der Waals surface area contributed by atoms with E-state index in [-0.39, 0.29) is 12.2 Å². The molecule has 0 bridgehead atoms.